The van der Waals surface area contributed by atoms with Crippen molar-refractivity contribution in [2.45, 2.75) is 58.2 Å². The lowest BCUT2D eigenvalue weighted by Crippen LogP contribution is -2.41. The summed E-state index contributed by atoms with van der Waals surface area (Å²) in [5.41, 5.74) is 10.5. The van der Waals surface area contributed by atoms with Gasteiger partial charge in [0.2, 0.25) is 0 Å². The lowest BCUT2D eigenvalue weighted by molar-refractivity contribution is 0.00578. The predicted octanol–water partition coefficient (Wildman–Crippen LogP) is 9.27. The average molecular weight is 576 g/mol. The Hall–Kier alpha value is -4.12. The Bertz CT molecular complexity index is 2100. The van der Waals surface area contributed by atoms with Crippen molar-refractivity contribution >= 4 is 34.3 Å². The molecule has 1 saturated heterocycles. The van der Waals surface area contributed by atoms with E-state index in [0.29, 0.717) is 0 Å². The van der Waals surface area contributed by atoms with E-state index in [1.54, 1.807) is 0 Å². The zero-order valence-corrected chi connectivity index (χ0v) is 26.7. The minimum atomic E-state index is -0.443. The maximum atomic E-state index is 6.58. The molecular weight excluding hydrogens is 537 g/mol. The Labute approximate surface area is 260 Å². The molecule has 1 aliphatic carbocycles. The van der Waals surface area contributed by atoms with Crippen LogP contribution in [-0.4, -0.2) is 22.9 Å². The highest BCUT2D eigenvalue weighted by Gasteiger charge is 2.53. The van der Waals surface area contributed by atoms with Crippen molar-refractivity contribution in [1.82, 2.24) is 4.57 Å². The van der Waals surface area contributed by atoms with E-state index in [9.17, 15) is 0 Å². The summed E-state index contributed by atoms with van der Waals surface area (Å²) in [4.78, 5) is 0. The van der Waals surface area contributed by atoms with Crippen LogP contribution in [0.3, 0.4) is 0 Å². The lowest BCUT2D eigenvalue weighted by atomic mass is 9.80. The van der Waals surface area contributed by atoms with Crippen LogP contribution in [0.1, 0.15) is 52.7 Å². The van der Waals surface area contributed by atoms with E-state index >= 15 is 0 Å². The Balaban J connectivity index is 1.32. The molecule has 8 rings (SSSR count). The van der Waals surface area contributed by atoms with E-state index in [2.05, 4.69) is 156 Å². The molecule has 1 aliphatic heterocycles. The highest BCUT2D eigenvalue weighted by molar-refractivity contribution is 6.64. The molecule has 1 fully saturated rings. The fourth-order valence-electron chi connectivity index (χ4n) is 7.57. The largest absolute Gasteiger partial charge is 0.512 e. The molecule has 0 bridgehead atoms. The Kier molecular flexibility index (Phi) is 5.74. The van der Waals surface area contributed by atoms with E-state index in [4.69, 9.17) is 9.31 Å². The van der Waals surface area contributed by atoms with Crippen molar-refractivity contribution in [3.8, 4) is 33.5 Å². The first-order valence-corrected chi connectivity index (χ1v) is 15.7. The molecule has 0 amide bonds. The number of hydrogen-bond acceptors (Lipinski definition) is 2. The van der Waals surface area contributed by atoms with Crippen molar-refractivity contribution in [1.29, 1.82) is 0 Å². The Morgan fingerprint density at radius 2 is 1.14 bits per heavy atom. The number of rotatable bonds is 3. The van der Waals surface area contributed by atoms with Gasteiger partial charge in [-0.3, -0.25) is 0 Å². The molecule has 2 heterocycles. The molecule has 0 spiro atoms. The molecule has 0 saturated carbocycles. The molecule has 5 aromatic carbocycles. The van der Waals surface area contributed by atoms with E-state index in [1.165, 1.54) is 66.2 Å². The van der Waals surface area contributed by atoms with Crippen LogP contribution in [0.25, 0.3) is 55.1 Å². The molecule has 2 aliphatic rings. The van der Waals surface area contributed by atoms with E-state index in [-0.39, 0.29) is 5.41 Å². The second kappa shape index (κ2) is 9.20. The third-order valence-electron chi connectivity index (χ3n) is 10.7. The van der Waals surface area contributed by atoms with Crippen LogP contribution in [0.2, 0.25) is 0 Å². The summed E-state index contributed by atoms with van der Waals surface area (Å²) in [6.07, 6.45) is 0. The van der Waals surface area contributed by atoms with Gasteiger partial charge in [-0.05, 0) is 94.9 Å². The van der Waals surface area contributed by atoms with Crippen molar-refractivity contribution in [2.75, 3.05) is 0 Å². The molecule has 3 nitrogen and oxygen atoms in total. The smallest absolute Gasteiger partial charge is 0.398 e. The fourth-order valence-corrected chi connectivity index (χ4v) is 7.57. The van der Waals surface area contributed by atoms with Crippen LogP contribution in [0.4, 0.5) is 0 Å². The van der Waals surface area contributed by atoms with Gasteiger partial charge in [0, 0.05) is 17.8 Å². The molecular formula is C40H38BNO2. The minimum Gasteiger partial charge on any atom is -0.398 e. The van der Waals surface area contributed by atoms with Crippen LogP contribution in [0, 0.1) is 0 Å². The standard InChI is InChI=1S/C40H38BNO2/c1-38(2)33-23-26(36-29-19-13-14-20-30(29)37(42(36)7)41-43-39(3,4)40(5,6)44-41)21-22-31(33)35-28-18-12-11-17-27(28)32(24-34(35)38)25-15-9-8-10-16-25/h8-24H,1-7H3. The predicted molar refractivity (Wildman–Crippen MR) is 185 cm³/mol. The topological polar surface area (TPSA) is 23.4 Å². The maximum Gasteiger partial charge on any atom is 0.512 e. The summed E-state index contributed by atoms with van der Waals surface area (Å²) < 4.78 is 15.5. The van der Waals surface area contributed by atoms with Crippen LogP contribution < -0.4 is 5.59 Å². The molecule has 44 heavy (non-hydrogen) atoms. The first kappa shape index (κ1) is 27.4. The second-order valence-corrected chi connectivity index (χ2v) is 14.1. The summed E-state index contributed by atoms with van der Waals surface area (Å²) in [7, 11) is 1.71. The van der Waals surface area contributed by atoms with E-state index in [0.717, 1.165) is 5.59 Å². The maximum absolute atomic E-state index is 6.58. The Morgan fingerprint density at radius 3 is 1.82 bits per heavy atom. The number of hydrogen-bond donors (Lipinski definition) is 0. The van der Waals surface area contributed by atoms with Gasteiger partial charge in [0.05, 0.1) is 22.5 Å². The van der Waals surface area contributed by atoms with Crippen molar-refractivity contribution in [3.63, 3.8) is 0 Å². The number of nitrogens with zero attached hydrogens (tertiary/aromatic N) is 1. The zero-order chi connectivity index (χ0) is 30.6. The first-order valence-electron chi connectivity index (χ1n) is 15.7. The normalized spacial score (nSPS) is 17.8. The first-order chi connectivity index (χ1) is 21.0. The van der Waals surface area contributed by atoms with Gasteiger partial charge in [0.25, 0.3) is 0 Å². The third kappa shape index (κ3) is 3.71. The molecule has 0 atom stereocenters. The van der Waals surface area contributed by atoms with Crippen molar-refractivity contribution in [3.05, 3.63) is 114 Å². The summed E-state index contributed by atoms with van der Waals surface area (Å²) in [5.74, 6) is 0. The molecule has 1 aromatic heterocycles. The minimum absolute atomic E-state index is 0.163. The van der Waals surface area contributed by atoms with Crippen LogP contribution in [-0.2, 0) is 21.8 Å². The van der Waals surface area contributed by atoms with E-state index in [1.807, 2.05) is 0 Å². The number of benzene rings is 5. The molecule has 0 radical (unpaired) electrons. The summed E-state index contributed by atoms with van der Waals surface area (Å²) >= 11 is 0. The molecule has 6 aromatic rings. The summed E-state index contributed by atoms with van der Waals surface area (Å²) in [6.45, 7) is 13.2. The quantitative estimate of drug-likeness (QED) is 0.196. The lowest BCUT2D eigenvalue weighted by Gasteiger charge is -2.32. The second-order valence-electron chi connectivity index (χ2n) is 14.1. The number of aromatic nitrogens is 1. The highest BCUT2D eigenvalue weighted by atomic mass is 16.7. The molecule has 4 heteroatoms. The molecule has 218 valence electrons. The highest BCUT2D eigenvalue weighted by Crippen LogP contribution is 2.54. The van der Waals surface area contributed by atoms with Crippen molar-refractivity contribution in [2.24, 2.45) is 7.05 Å². The van der Waals surface area contributed by atoms with Gasteiger partial charge < -0.3 is 13.9 Å². The van der Waals surface area contributed by atoms with Gasteiger partial charge in [0.1, 0.15) is 0 Å². The summed E-state index contributed by atoms with van der Waals surface area (Å²) in [5, 5.41) is 5.00. The zero-order valence-electron chi connectivity index (χ0n) is 26.7. The van der Waals surface area contributed by atoms with Crippen LogP contribution in [0.5, 0.6) is 0 Å². The van der Waals surface area contributed by atoms with E-state index < -0.39 is 18.3 Å². The number of fused-ring (bicyclic) bond motifs is 6. The molecule has 0 N–H and O–H groups in total. The van der Waals surface area contributed by atoms with Gasteiger partial charge in [-0.2, -0.15) is 0 Å². The van der Waals surface area contributed by atoms with Gasteiger partial charge >= 0.3 is 7.12 Å². The SMILES string of the molecule is Cn1c(B2OC(C)(C)C(C)(C)O2)c2ccccc2c1-c1ccc2c(c1)C(C)(C)c1cc(-c3ccccc3)c3ccccc3c1-2. The van der Waals surface area contributed by atoms with Crippen molar-refractivity contribution < 1.29 is 9.31 Å². The Morgan fingerprint density at radius 1 is 0.545 bits per heavy atom. The van der Waals surface area contributed by atoms with Gasteiger partial charge in [0.15, 0.2) is 0 Å². The van der Waals surface area contributed by atoms with Crippen LogP contribution in [0.15, 0.2) is 103 Å². The third-order valence-corrected chi connectivity index (χ3v) is 10.7. The monoisotopic (exact) mass is 575 g/mol. The van der Waals surface area contributed by atoms with Gasteiger partial charge in [-0.15, -0.1) is 0 Å². The van der Waals surface area contributed by atoms with Gasteiger partial charge in [-0.25, -0.2) is 0 Å². The van der Waals surface area contributed by atoms with Crippen LogP contribution >= 0.6 is 0 Å². The molecule has 0 unspecified atom stereocenters. The fraction of sp³-hybridized carbons (Fsp3) is 0.250. The average Bonchev–Trinajstić information content (AvgIpc) is 3.52. The van der Waals surface area contributed by atoms with Gasteiger partial charge in [-0.1, -0.05) is 105 Å². The summed E-state index contributed by atoms with van der Waals surface area (Å²) in [6, 6.07) is 37.9.